The van der Waals surface area contributed by atoms with Crippen LogP contribution in [-0.4, -0.2) is 25.8 Å². The van der Waals surface area contributed by atoms with Gasteiger partial charge in [-0.05, 0) is 12.1 Å². The van der Waals surface area contributed by atoms with Gasteiger partial charge in [0.05, 0.1) is 11.1 Å². The number of nitrogens with one attached hydrogen (secondary N) is 1. The first-order valence-electron chi connectivity index (χ1n) is 5.56. The highest BCUT2D eigenvalue weighted by Crippen LogP contribution is 2.23. The van der Waals surface area contributed by atoms with Crippen molar-refractivity contribution in [3.8, 4) is 5.82 Å². The molecule has 0 bridgehead atoms. The molecule has 6 heteroatoms. The van der Waals surface area contributed by atoms with E-state index in [4.69, 9.17) is 0 Å². The summed E-state index contributed by atoms with van der Waals surface area (Å²) in [6.07, 6.45) is 1.49. The number of benzene rings is 1. The van der Waals surface area contributed by atoms with Crippen molar-refractivity contribution in [2.75, 3.05) is 0 Å². The highest BCUT2D eigenvalue weighted by molar-refractivity contribution is 6.03. The van der Waals surface area contributed by atoms with E-state index in [-0.39, 0.29) is 11.1 Å². The summed E-state index contributed by atoms with van der Waals surface area (Å²) in [4.78, 5) is 22.2. The Balaban J connectivity index is 2.32. The molecular formula is C13H9N3O3. The SMILES string of the molecule is O=C(O)c1cn(-c2ccc(=O)[nH]n2)c2ccccc12. The Morgan fingerprint density at radius 2 is 2.00 bits per heavy atom. The van der Waals surface area contributed by atoms with Gasteiger partial charge >= 0.3 is 5.97 Å². The van der Waals surface area contributed by atoms with Crippen molar-refractivity contribution in [2.24, 2.45) is 0 Å². The summed E-state index contributed by atoms with van der Waals surface area (Å²) >= 11 is 0. The number of rotatable bonds is 2. The molecule has 3 aromatic rings. The third kappa shape index (κ3) is 1.79. The van der Waals surface area contributed by atoms with Gasteiger partial charge in [0.2, 0.25) is 0 Å². The normalized spacial score (nSPS) is 10.7. The van der Waals surface area contributed by atoms with Gasteiger partial charge in [-0.2, -0.15) is 5.10 Å². The molecule has 0 unspecified atom stereocenters. The Hall–Kier alpha value is -2.89. The third-order valence-electron chi connectivity index (χ3n) is 2.85. The van der Waals surface area contributed by atoms with Gasteiger partial charge in [-0.3, -0.25) is 9.36 Å². The van der Waals surface area contributed by atoms with Gasteiger partial charge in [0.15, 0.2) is 5.82 Å². The van der Waals surface area contributed by atoms with E-state index >= 15 is 0 Å². The van der Waals surface area contributed by atoms with Gasteiger partial charge in [0.1, 0.15) is 0 Å². The summed E-state index contributed by atoms with van der Waals surface area (Å²) < 4.78 is 1.63. The Morgan fingerprint density at radius 3 is 2.68 bits per heavy atom. The first kappa shape index (κ1) is 11.2. The monoisotopic (exact) mass is 255 g/mol. The van der Waals surface area contributed by atoms with E-state index < -0.39 is 5.97 Å². The van der Waals surface area contributed by atoms with Gasteiger partial charge in [-0.25, -0.2) is 9.89 Å². The molecule has 0 radical (unpaired) electrons. The average molecular weight is 255 g/mol. The molecule has 6 nitrogen and oxygen atoms in total. The molecule has 0 spiro atoms. The number of hydrogen-bond donors (Lipinski definition) is 2. The fourth-order valence-corrected chi connectivity index (χ4v) is 2.01. The van der Waals surface area contributed by atoms with Crippen molar-refractivity contribution in [3.05, 3.63) is 58.5 Å². The number of nitrogens with zero attached hydrogens (tertiary/aromatic N) is 2. The Morgan fingerprint density at radius 1 is 1.21 bits per heavy atom. The molecule has 0 atom stereocenters. The highest BCUT2D eigenvalue weighted by Gasteiger charge is 2.14. The van der Waals surface area contributed by atoms with Crippen LogP contribution in [0.2, 0.25) is 0 Å². The molecule has 2 heterocycles. The van der Waals surface area contributed by atoms with Crippen LogP contribution < -0.4 is 5.56 Å². The molecule has 0 aliphatic heterocycles. The minimum absolute atomic E-state index is 0.198. The lowest BCUT2D eigenvalue weighted by Gasteiger charge is -2.02. The summed E-state index contributed by atoms with van der Waals surface area (Å²) in [5.41, 5.74) is 0.613. The van der Waals surface area contributed by atoms with Crippen molar-refractivity contribution in [3.63, 3.8) is 0 Å². The summed E-state index contributed by atoms with van der Waals surface area (Å²) in [5, 5.41) is 16.1. The van der Waals surface area contributed by atoms with Gasteiger partial charge in [-0.15, -0.1) is 0 Å². The zero-order chi connectivity index (χ0) is 13.4. The number of H-pyrrole nitrogens is 1. The second kappa shape index (κ2) is 4.09. The lowest BCUT2D eigenvalue weighted by atomic mass is 10.2. The Bertz CT molecular complexity index is 812. The number of carboxylic acid groups (broad SMARTS) is 1. The number of aromatic amines is 1. The maximum atomic E-state index is 11.2. The van der Waals surface area contributed by atoms with E-state index in [2.05, 4.69) is 10.2 Å². The van der Waals surface area contributed by atoms with Crippen LogP contribution in [0.5, 0.6) is 0 Å². The minimum Gasteiger partial charge on any atom is -0.478 e. The maximum Gasteiger partial charge on any atom is 0.337 e. The third-order valence-corrected chi connectivity index (χ3v) is 2.85. The lowest BCUT2D eigenvalue weighted by molar-refractivity contribution is 0.0699. The van der Waals surface area contributed by atoms with Crippen LogP contribution in [0, 0.1) is 0 Å². The summed E-state index contributed by atoms with van der Waals surface area (Å²) in [6.45, 7) is 0. The predicted octanol–water partition coefficient (Wildman–Crippen LogP) is 1.41. The molecule has 0 saturated heterocycles. The van der Waals surface area contributed by atoms with E-state index in [1.54, 1.807) is 22.8 Å². The number of aromatic nitrogens is 3. The van der Waals surface area contributed by atoms with Crippen LogP contribution in [-0.2, 0) is 0 Å². The van der Waals surface area contributed by atoms with Gasteiger partial charge in [0.25, 0.3) is 5.56 Å². The molecule has 2 N–H and O–H groups in total. The van der Waals surface area contributed by atoms with E-state index in [1.807, 2.05) is 6.07 Å². The number of para-hydroxylation sites is 1. The first-order valence-corrected chi connectivity index (χ1v) is 5.56. The largest absolute Gasteiger partial charge is 0.478 e. The Kier molecular flexibility index (Phi) is 2.42. The van der Waals surface area contributed by atoms with Gasteiger partial charge in [-0.1, -0.05) is 18.2 Å². The molecule has 0 fully saturated rings. The molecule has 94 valence electrons. The number of fused-ring (bicyclic) bond motifs is 1. The average Bonchev–Trinajstić information content (AvgIpc) is 2.79. The molecule has 3 rings (SSSR count). The van der Waals surface area contributed by atoms with Crippen LogP contribution in [0.3, 0.4) is 0 Å². The minimum atomic E-state index is -1.00. The van der Waals surface area contributed by atoms with Crippen molar-refractivity contribution in [2.45, 2.75) is 0 Å². The van der Waals surface area contributed by atoms with Crippen molar-refractivity contribution < 1.29 is 9.90 Å². The quantitative estimate of drug-likeness (QED) is 0.724. The molecule has 0 amide bonds. The highest BCUT2D eigenvalue weighted by atomic mass is 16.4. The molecule has 1 aromatic carbocycles. The van der Waals surface area contributed by atoms with Crippen molar-refractivity contribution >= 4 is 16.9 Å². The molecule has 19 heavy (non-hydrogen) atoms. The maximum absolute atomic E-state index is 11.2. The molecule has 2 aromatic heterocycles. The van der Waals surface area contributed by atoms with Crippen molar-refractivity contribution in [1.29, 1.82) is 0 Å². The van der Waals surface area contributed by atoms with Crippen LogP contribution in [0.1, 0.15) is 10.4 Å². The van der Waals surface area contributed by atoms with Crippen molar-refractivity contribution in [1.82, 2.24) is 14.8 Å². The second-order valence-corrected chi connectivity index (χ2v) is 4.01. The van der Waals surface area contributed by atoms with Crippen LogP contribution in [0.25, 0.3) is 16.7 Å². The molecule has 0 aliphatic rings. The summed E-state index contributed by atoms with van der Waals surface area (Å²) in [5.74, 6) is -0.539. The molecule has 0 saturated carbocycles. The topological polar surface area (TPSA) is 88.0 Å². The van der Waals surface area contributed by atoms with Crippen LogP contribution >= 0.6 is 0 Å². The summed E-state index contributed by atoms with van der Waals surface area (Å²) in [7, 11) is 0. The van der Waals surface area contributed by atoms with E-state index in [0.717, 1.165) is 5.52 Å². The molecule has 0 aliphatic carbocycles. The first-order chi connectivity index (χ1) is 9.16. The van der Waals surface area contributed by atoms with Gasteiger partial charge < -0.3 is 5.11 Å². The zero-order valence-corrected chi connectivity index (χ0v) is 9.70. The second-order valence-electron chi connectivity index (χ2n) is 4.01. The Labute approximate surface area is 106 Å². The standard InChI is InChI=1S/C13H9N3O3/c17-12-6-5-11(14-15-12)16-7-9(13(18)19)8-3-1-2-4-10(8)16/h1-7H,(H,15,17)(H,18,19). The smallest absolute Gasteiger partial charge is 0.337 e. The fraction of sp³-hybridized carbons (Fsp3) is 0. The fourth-order valence-electron chi connectivity index (χ4n) is 2.01. The lowest BCUT2D eigenvalue weighted by Crippen LogP contribution is -2.08. The van der Waals surface area contributed by atoms with Crippen LogP contribution in [0.15, 0.2) is 47.4 Å². The number of aromatic carboxylic acids is 1. The van der Waals surface area contributed by atoms with E-state index in [1.165, 1.54) is 18.3 Å². The number of carboxylic acids is 1. The zero-order valence-electron chi connectivity index (χ0n) is 9.70. The molecular weight excluding hydrogens is 246 g/mol. The predicted molar refractivity (Wildman–Crippen MR) is 68.7 cm³/mol. The van der Waals surface area contributed by atoms with E-state index in [0.29, 0.717) is 11.2 Å². The number of hydrogen-bond acceptors (Lipinski definition) is 3. The van der Waals surface area contributed by atoms with Gasteiger partial charge in [0, 0.05) is 17.6 Å². The summed E-state index contributed by atoms with van der Waals surface area (Å²) in [6, 6.07) is 10.0. The van der Waals surface area contributed by atoms with Crippen LogP contribution in [0.4, 0.5) is 0 Å². The number of carbonyl (C=O) groups is 1. The van der Waals surface area contributed by atoms with E-state index in [9.17, 15) is 14.7 Å².